The first-order valence-electron chi connectivity index (χ1n) is 6.82. The SMILES string of the molecule is O=C(O)C(Nc1cccc([N+](=O)[O-])c1)C1CCCCC1. The zero-order valence-electron chi connectivity index (χ0n) is 11.1. The second-order valence-electron chi connectivity index (χ2n) is 5.17. The smallest absolute Gasteiger partial charge is 0.326 e. The fourth-order valence-electron chi connectivity index (χ4n) is 2.74. The minimum absolute atomic E-state index is 0.0391. The molecule has 0 aromatic heterocycles. The van der Waals surface area contributed by atoms with E-state index in [4.69, 9.17) is 0 Å². The molecule has 0 bridgehead atoms. The highest BCUT2D eigenvalue weighted by molar-refractivity contribution is 5.78. The summed E-state index contributed by atoms with van der Waals surface area (Å²) in [5, 5.41) is 23.0. The van der Waals surface area contributed by atoms with Crippen molar-refractivity contribution < 1.29 is 14.8 Å². The Morgan fingerprint density at radius 2 is 2.05 bits per heavy atom. The van der Waals surface area contributed by atoms with Crippen LogP contribution in [0.5, 0.6) is 0 Å². The molecule has 0 saturated heterocycles. The van der Waals surface area contributed by atoms with Crippen LogP contribution in [0.4, 0.5) is 11.4 Å². The molecule has 0 aliphatic heterocycles. The van der Waals surface area contributed by atoms with E-state index in [2.05, 4.69) is 5.32 Å². The molecule has 2 rings (SSSR count). The first-order chi connectivity index (χ1) is 9.58. The van der Waals surface area contributed by atoms with Crippen molar-refractivity contribution in [2.45, 2.75) is 38.1 Å². The molecule has 108 valence electrons. The number of nitro benzene ring substituents is 1. The van der Waals surface area contributed by atoms with Crippen molar-refractivity contribution in [2.75, 3.05) is 5.32 Å². The van der Waals surface area contributed by atoms with Gasteiger partial charge in [0.1, 0.15) is 6.04 Å². The maximum atomic E-state index is 11.4. The van der Waals surface area contributed by atoms with Crippen molar-refractivity contribution in [2.24, 2.45) is 5.92 Å². The van der Waals surface area contributed by atoms with E-state index in [0.717, 1.165) is 32.1 Å². The summed E-state index contributed by atoms with van der Waals surface area (Å²) in [5.74, 6) is -0.816. The van der Waals surface area contributed by atoms with Crippen LogP contribution in [0.25, 0.3) is 0 Å². The number of hydrogen-bond acceptors (Lipinski definition) is 4. The second-order valence-corrected chi connectivity index (χ2v) is 5.17. The molecule has 2 N–H and O–H groups in total. The lowest BCUT2D eigenvalue weighted by Gasteiger charge is -2.28. The van der Waals surface area contributed by atoms with Gasteiger partial charge in [-0.2, -0.15) is 0 Å². The maximum Gasteiger partial charge on any atom is 0.326 e. The summed E-state index contributed by atoms with van der Waals surface area (Å²) in [4.78, 5) is 21.7. The van der Waals surface area contributed by atoms with E-state index in [0.29, 0.717) is 5.69 Å². The molecule has 6 heteroatoms. The van der Waals surface area contributed by atoms with E-state index in [1.165, 1.54) is 12.1 Å². The molecule has 0 radical (unpaired) electrons. The van der Waals surface area contributed by atoms with Crippen LogP contribution in [0, 0.1) is 16.0 Å². The zero-order chi connectivity index (χ0) is 14.5. The number of benzene rings is 1. The molecule has 1 fully saturated rings. The Bertz CT molecular complexity index is 498. The van der Waals surface area contributed by atoms with Gasteiger partial charge in [-0.05, 0) is 24.8 Å². The average molecular weight is 278 g/mol. The Hall–Kier alpha value is -2.11. The second kappa shape index (κ2) is 6.36. The summed E-state index contributed by atoms with van der Waals surface area (Å²) in [6, 6.07) is 5.30. The summed E-state index contributed by atoms with van der Waals surface area (Å²) in [6.07, 6.45) is 5.02. The van der Waals surface area contributed by atoms with Gasteiger partial charge in [0.05, 0.1) is 4.92 Å². The topological polar surface area (TPSA) is 92.5 Å². The minimum Gasteiger partial charge on any atom is -0.480 e. The first kappa shape index (κ1) is 14.3. The number of hydrogen-bond donors (Lipinski definition) is 2. The third-order valence-electron chi connectivity index (χ3n) is 3.77. The fraction of sp³-hybridized carbons (Fsp3) is 0.500. The number of non-ortho nitro benzene ring substituents is 1. The van der Waals surface area contributed by atoms with Crippen LogP contribution in [0.15, 0.2) is 24.3 Å². The average Bonchev–Trinajstić information content (AvgIpc) is 2.45. The first-order valence-corrected chi connectivity index (χ1v) is 6.82. The predicted octanol–water partition coefficient (Wildman–Crippen LogP) is 3.04. The molecule has 0 amide bonds. The van der Waals surface area contributed by atoms with E-state index in [9.17, 15) is 20.0 Å². The maximum absolute atomic E-state index is 11.4. The van der Waals surface area contributed by atoms with Crippen LogP contribution < -0.4 is 5.32 Å². The van der Waals surface area contributed by atoms with Gasteiger partial charge in [-0.15, -0.1) is 0 Å². The van der Waals surface area contributed by atoms with E-state index in [-0.39, 0.29) is 11.6 Å². The van der Waals surface area contributed by atoms with Crippen LogP contribution in [0.2, 0.25) is 0 Å². The predicted molar refractivity (Wildman–Crippen MR) is 74.7 cm³/mol. The van der Waals surface area contributed by atoms with Crippen molar-refractivity contribution in [3.63, 3.8) is 0 Å². The quantitative estimate of drug-likeness (QED) is 0.638. The normalized spacial score (nSPS) is 17.4. The number of anilines is 1. The van der Waals surface area contributed by atoms with Gasteiger partial charge < -0.3 is 10.4 Å². The highest BCUT2D eigenvalue weighted by Crippen LogP contribution is 2.29. The van der Waals surface area contributed by atoms with Crippen molar-refractivity contribution in [1.82, 2.24) is 0 Å². The Balaban J connectivity index is 2.13. The van der Waals surface area contributed by atoms with Gasteiger partial charge in [-0.25, -0.2) is 4.79 Å². The standard InChI is InChI=1S/C14H18N2O4/c17-14(18)13(10-5-2-1-3-6-10)15-11-7-4-8-12(9-11)16(19)20/h4,7-10,13,15H,1-3,5-6H2,(H,17,18). The highest BCUT2D eigenvalue weighted by Gasteiger charge is 2.29. The lowest BCUT2D eigenvalue weighted by Crippen LogP contribution is -2.37. The number of nitrogens with one attached hydrogen (secondary N) is 1. The Morgan fingerprint density at radius 3 is 2.65 bits per heavy atom. The number of nitro groups is 1. The van der Waals surface area contributed by atoms with Gasteiger partial charge in [0.15, 0.2) is 0 Å². The lowest BCUT2D eigenvalue weighted by molar-refractivity contribution is -0.384. The van der Waals surface area contributed by atoms with Crippen LogP contribution in [0.1, 0.15) is 32.1 Å². The van der Waals surface area contributed by atoms with Crippen LogP contribution >= 0.6 is 0 Å². The molecule has 0 heterocycles. The molecule has 1 aromatic carbocycles. The lowest BCUT2D eigenvalue weighted by atomic mass is 9.84. The van der Waals surface area contributed by atoms with Gasteiger partial charge in [-0.1, -0.05) is 25.3 Å². The molecule has 1 aliphatic carbocycles. The van der Waals surface area contributed by atoms with Crippen molar-refractivity contribution in [1.29, 1.82) is 0 Å². The molecule has 1 aromatic rings. The Morgan fingerprint density at radius 1 is 1.35 bits per heavy atom. The van der Waals surface area contributed by atoms with E-state index < -0.39 is 16.9 Å². The van der Waals surface area contributed by atoms with Crippen molar-refractivity contribution in [3.8, 4) is 0 Å². The van der Waals surface area contributed by atoms with Gasteiger partial charge >= 0.3 is 5.97 Å². The van der Waals surface area contributed by atoms with Gasteiger partial charge in [-0.3, -0.25) is 10.1 Å². The van der Waals surface area contributed by atoms with E-state index in [1.807, 2.05) is 0 Å². The number of carboxylic acid groups (broad SMARTS) is 1. The molecule has 1 unspecified atom stereocenters. The molecule has 6 nitrogen and oxygen atoms in total. The third-order valence-corrected chi connectivity index (χ3v) is 3.77. The summed E-state index contributed by atoms with van der Waals surface area (Å²) in [6.45, 7) is 0. The van der Waals surface area contributed by atoms with Crippen LogP contribution in [0.3, 0.4) is 0 Å². The zero-order valence-corrected chi connectivity index (χ0v) is 11.1. The highest BCUT2D eigenvalue weighted by atomic mass is 16.6. The number of aliphatic carboxylic acids is 1. The summed E-state index contributed by atoms with van der Waals surface area (Å²) in [7, 11) is 0. The largest absolute Gasteiger partial charge is 0.480 e. The van der Waals surface area contributed by atoms with E-state index >= 15 is 0 Å². The van der Waals surface area contributed by atoms with Crippen molar-refractivity contribution in [3.05, 3.63) is 34.4 Å². The summed E-state index contributed by atoms with van der Waals surface area (Å²) < 4.78 is 0. The van der Waals surface area contributed by atoms with Crippen LogP contribution in [-0.2, 0) is 4.79 Å². The number of nitrogens with zero attached hydrogens (tertiary/aromatic N) is 1. The molecule has 1 saturated carbocycles. The Kier molecular flexibility index (Phi) is 4.55. The van der Waals surface area contributed by atoms with Crippen LogP contribution in [-0.4, -0.2) is 22.0 Å². The van der Waals surface area contributed by atoms with Gasteiger partial charge in [0, 0.05) is 17.8 Å². The van der Waals surface area contributed by atoms with Gasteiger partial charge in [0.2, 0.25) is 0 Å². The monoisotopic (exact) mass is 278 g/mol. The summed E-state index contributed by atoms with van der Waals surface area (Å²) >= 11 is 0. The number of carboxylic acids is 1. The minimum atomic E-state index is -0.900. The van der Waals surface area contributed by atoms with Crippen molar-refractivity contribution >= 4 is 17.3 Å². The molecular weight excluding hydrogens is 260 g/mol. The van der Waals surface area contributed by atoms with E-state index in [1.54, 1.807) is 12.1 Å². The summed E-state index contributed by atoms with van der Waals surface area (Å²) in [5.41, 5.74) is 0.444. The Labute approximate surface area is 117 Å². The van der Waals surface area contributed by atoms with Gasteiger partial charge in [0.25, 0.3) is 5.69 Å². The molecule has 1 aliphatic rings. The third kappa shape index (κ3) is 3.46. The fourth-order valence-corrected chi connectivity index (χ4v) is 2.74. The molecule has 20 heavy (non-hydrogen) atoms. The molecule has 1 atom stereocenters. The molecular formula is C14H18N2O4. The number of carbonyl (C=O) groups is 1. The number of rotatable bonds is 5. The molecule has 0 spiro atoms.